The molecule has 1 aromatic rings. The second-order valence-electron chi connectivity index (χ2n) is 4.55. The Bertz CT molecular complexity index is 651. The minimum Gasteiger partial charge on any atom is -0.394 e. The van der Waals surface area contributed by atoms with Crippen molar-refractivity contribution < 1.29 is 18.3 Å². The Morgan fingerprint density at radius 3 is 2.90 bits per heavy atom. The number of aliphatic hydroxyl groups excluding tert-OH is 1. The second-order valence-corrected chi connectivity index (χ2v) is 7.30. The van der Waals surface area contributed by atoms with E-state index in [1.165, 1.54) is 16.4 Å². The average Bonchev–Trinajstić information content (AvgIpc) is 2.47. The smallest absolute Gasteiger partial charge is 0.244 e. The van der Waals surface area contributed by atoms with E-state index in [9.17, 15) is 8.42 Å². The number of ether oxygens (including phenoxy) is 1. The molecule has 0 spiro atoms. The number of morpholine rings is 1. The Labute approximate surface area is 133 Å². The first-order valence-electron chi connectivity index (χ1n) is 6.18. The number of halogens is 1. The van der Waals surface area contributed by atoms with Crippen LogP contribution in [0.5, 0.6) is 0 Å². The van der Waals surface area contributed by atoms with Crippen LogP contribution in [0, 0.1) is 0 Å². The monoisotopic (exact) mass is 350 g/mol. The van der Waals surface area contributed by atoms with Gasteiger partial charge in [0.15, 0.2) is 0 Å². The quantitative estimate of drug-likeness (QED) is 0.761. The summed E-state index contributed by atoms with van der Waals surface area (Å²) in [5.74, 6) is 0. The molecule has 0 radical (unpaired) electrons. The molecule has 1 saturated heterocycles. The van der Waals surface area contributed by atoms with Crippen LogP contribution in [0.15, 0.2) is 23.1 Å². The fourth-order valence-electron chi connectivity index (χ4n) is 2.01. The van der Waals surface area contributed by atoms with Gasteiger partial charge in [0.2, 0.25) is 10.0 Å². The summed E-state index contributed by atoms with van der Waals surface area (Å²) in [6.07, 6.45) is -0.536. The van der Waals surface area contributed by atoms with E-state index in [1.54, 1.807) is 6.07 Å². The molecule has 116 valence electrons. The number of thiocarbonyl (C=S) groups is 1. The third-order valence-electron chi connectivity index (χ3n) is 3.14. The van der Waals surface area contributed by atoms with Gasteiger partial charge in [-0.15, -0.1) is 0 Å². The molecule has 3 N–H and O–H groups in total. The molecular weight excluding hydrogens is 336 g/mol. The molecule has 0 bridgehead atoms. The van der Waals surface area contributed by atoms with Crippen LogP contribution in [0.1, 0.15) is 5.56 Å². The maximum atomic E-state index is 12.7. The van der Waals surface area contributed by atoms with E-state index in [-0.39, 0.29) is 41.2 Å². The third-order valence-corrected chi connectivity index (χ3v) is 5.72. The minimum absolute atomic E-state index is 0.0481. The van der Waals surface area contributed by atoms with Crippen LogP contribution in [-0.4, -0.2) is 55.2 Å². The van der Waals surface area contributed by atoms with Crippen LogP contribution in [0.25, 0.3) is 0 Å². The van der Waals surface area contributed by atoms with E-state index in [0.29, 0.717) is 5.56 Å². The molecule has 0 amide bonds. The van der Waals surface area contributed by atoms with E-state index >= 15 is 0 Å². The summed E-state index contributed by atoms with van der Waals surface area (Å²) in [6, 6.07) is 4.38. The molecule has 2 rings (SSSR count). The lowest BCUT2D eigenvalue weighted by Crippen LogP contribution is -2.46. The Morgan fingerprint density at radius 2 is 2.29 bits per heavy atom. The number of hydrogen-bond acceptors (Lipinski definition) is 5. The van der Waals surface area contributed by atoms with Gasteiger partial charge in [0.1, 0.15) is 9.88 Å². The first-order valence-corrected chi connectivity index (χ1v) is 8.41. The molecule has 1 heterocycles. The van der Waals surface area contributed by atoms with E-state index in [0.717, 1.165) is 0 Å². The Morgan fingerprint density at radius 1 is 1.57 bits per heavy atom. The Kier molecular flexibility index (Phi) is 5.18. The van der Waals surface area contributed by atoms with Crippen LogP contribution < -0.4 is 5.73 Å². The summed E-state index contributed by atoms with van der Waals surface area (Å²) in [5, 5.41) is 9.21. The molecule has 0 saturated carbocycles. The minimum atomic E-state index is -3.80. The van der Waals surface area contributed by atoms with Crippen molar-refractivity contribution in [3.05, 3.63) is 28.8 Å². The number of rotatable bonds is 4. The van der Waals surface area contributed by atoms with Gasteiger partial charge in [-0.2, -0.15) is 4.31 Å². The van der Waals surface area contributed by atoms with Crippen LogP contribution >= 0.6 is 23.8 Å². The van der Waals surface area contributed by atoms with Crippen molar-refractivity contribution >= 4 is 38.8 Å². The lowest BCUT2D eigenvalue weighted by molar-refractivity contribution is -0.0304. The molecule has 0 aromatic heterocycles. The lowest BCUT2D eigenvalue weighted by atomic mass is 10.2. The van der Waals surface area contributed by atoms with Crippen LogP contribution in [0.3, 0.4) is 0 Å². The molecule has 1 atom stereocenters. The van der Waals surface area contributed by atoms with Gasteiger partial charge in [-0.05, 0) is 12.1 Å². The molecule has 1 fully saturated rings. The highest BCUT2D eigenvalue weighted by atomic mass is 35.5. The summed E-state index contributed by atoms with van der Waals surface area (Å²) in [5.41, 5.74) is 5.96. The summed E-state index contributed by atoms with van der Waals surface area (Å²) in [4.78, 5) is 0.0476. The number of sulfonamides is 1. The van der Waals surface area contributed by atoms with Gasteiger partial charge in [0, 0.05) is 18.7 Å². The normalized spacial score (nSPS) is 20.4. The highest BCUT2D eigenvalue weighted by molar-refractivity contribution is 7.89. The highest BCUT2D eigenvalue weighted by Gasteiger charge is 2.32. The molecule has 6 nitrogen and oxygen atoms in total. The van der Waals surface area contributed by atoms with Crippen molar-refractivity contribution in [2.24, 2.45) is 5.73 Å². The number of hydrogen-bond donors (Lipinski definition) is 2. The van der Waals surface area contributed by atoms with Crippen molar-refractivity contribution in [3.63, 3.8) is 0 Å². The number of nitrogens with two attached hydrogens (primary N) is 1. The van der Waals surface area contributed by atoms with Gasteiger partial charge in [-0.3, -0.25) is 0 Å². The summed E-state index contributed by atoms with van der Waals surface area (Å²) >= 11 is 10.9. The van der Waals surface area contributed by atoms with Crippen molar-refractivity contribution in [2.45, 2.75) is 11.0 Å². The van der Waals surface area contributed by atoms with E-state index < -0.39 is 16.1 Å². The fourth-order valence-corrected chi connectivity index (χ4v) is 4.10. The first kappa shape index (κ1) is 16.6. The molecular formula is C12H15ClN2O4S2. The summed E-state index contributed by atoms with van der Waals surface area (Å²) in [6.45, 7) is 0.253. The van der Waals surface area contributed by atoms with Gasteiger partial charge in [-0.1, -0.05) is 29.9 Å². The fraction of sp³-hybridized carbons (Fsp3) is 0.417. The first-order chi connectivity index (χ1) is 9.86. The molecule has 1 aromatic carbocycles. The topological polar surface area (TPSA) is 92.9 Å². The maximum Gasteiger partial charge on any atom is 0.244 e. The summed E-state index contributed by atoms with van der Waals surface area (Å²) < 4.78 is 31.8. The number of nitrogens with zero attached hydrogens (tertiary/aromatic N) is 1. The zero-order valence-electron chi connectivity index (χ0n) is 11.0. The van der Waals surface area contributed by atoms with Gasteiger partial charge < -0.3 is 15.6 Å². The van der Waals surface area contributed by atoms with E-state index in [1.807, 2.05) is 0 Å². The Hall–Kier alpha value is -0.770. The van der Waals surface area contributed by atoms with Crippen molar-refractivity contribution in [1.82, 2.24) is 4.31 Å². The predicted octanol–water partition coefficient (Wildman–Crippen LogP) is 0.356. The van der Waals surface area contributed by atoms with Crippen molar-refractivity contribution in [3.8, 4) is 0 Å². The molecule has 9 heteroatoms. The van der Waals surface area contributed by atoms with Crippen molar-refractivity contribution in [1.29, 1.82) is 0 Å². The predicted molar refractivity (Wildman–Crippen MR) is 82.9 cm³/mol. The summed E-state index contributed by atoms with van der Waals surface area (Å²) in [7, 11) is -3.80. The van der Waals surface area contributed by atoms with Gasteiger partial charge in [0.25, 0.3) is 0 Å². The Balaban J connectivity index is 2.39. The van der Waals surface area contributed by atoms with Gasteiger partial charge in [0.05, 0.1) is 24.3 Å². The molecule has 1 unspecified atom stereocenters. The highest BCUT2D eigenvalue weighted by Crippen LogP contribution is 2.27. The molecule has 0 aliphatic carbocycles. The second kappa shape index (κ2) is 6.55. The van der Waals surface area contributed by atoms with E-state index in [4.69, 9.17) is 39.4 Å². The molecule has 21 heavy (non-hydrogen) atoms. The van der Waals surface area contributed by atoms with Crippen LogP contribution in [-0.2, 0) is 14.8 Å². The third kappa shape index (κ3) is 3.53. The molecule has 1 aliphatic heterocycles. The molecule has 1 aliphatic rings. The zero-order chi connectivity index (χ0) is 15.6. The maximum absolute atomic E-state index is 12.7. The van der Waals surface area contributed by atoms with Gasteiger partial charge in [-0.25, -0.2) is 8.42 Å². The van der Waals surface area contributed by atoms with Crippen LogP contribution in [0.4, 0.5) is 0 Å². The SMILES string of the molecule is NC(=S)c1ccc(Cl)c(S(=O)(=O)N2CCOC(CO)C2)c1. The van der Waals surface area contributed by atoms with Gasteiger partial charge >= 0.3 is 0 Å². The average molecular weight is 351 g/mol. The lowest BCUT2D eigenvalue weighted by Gasteiger charge is -2.31. The number of benzene rings is 1. The largest absolute Gasteiger partial charge is 0.394 e. The number of aliphatic hydroxyl groups is 1. The standard InChI is InChI=1S/C12H15ClN2O4S2/c13-10-2-1-8(12(14)20)5-11(10)21(17,18)15-3-4-19-9(6-15)7-16/h1-2,5,9,16H,3-4,6-7H2,(H2,14,20). The van der Waals surface area contributed by atoms with Crippen molar-refractivity contribution in [2.75, 3.05) is 26.3 Å². The van der Waals surface area contributed by atoms with E-state index in [2.05, 4.69) is 0 Å². The zero-order valence-corrected chi connectivity index (χ0v) is 13.4. The van der Waals surface area contributed by atoms with Crippen LogP contribution in [0.2, 0.25) is 5.02 Å².